The maximum absolute atomic E-state index is 12.7. The van der Waals surface area contributed by atoms with Gasteiger partial charge < -0.3 is 20.8 Å². The van der Waals surface area contributed by atoms with Gasteiger partial charge in [-0.2, -0.15) is 0 Å². The number of aromatic nitrogens is 3. The van der Waals surface area contributed by atoms with Crippen LogP contribution in [-0.2, 0) is 0 Å². The van der Waals surface area contributed by atoms with Gasteiger partial charge in [-0.1, -0.05) is 59.5 Å². The quantitative estimate of drug-likeness (QED) is 0.287. The van der Waals surface area contributed by atoms with Crippen LogP contribution in [0.1, 0.15) is 22.2 Å². The summed E-state index contributed by atoms with van der Waals surface area (Å²) in [5, 5.41) is 26.7. The molecule has 168 valence electrons. The van der Waals surface area contributed by atoms with Crippen molar-refractivity contribution < 1.29 is 15.0 Å². The molecule has 8 nitrogen and oxygen atoms in total. The standard InChI is InChI=1S/C23H21N5O3S2/c29-14-18(21(30)15-6-2-1-3-7-15)27-22(31)17-12-16(9-11-24-17)32-20-13-26-23(33-20)28-19-8-4-5-10-25-19/h1-13,18,21,29-30H,14H2,(H,27,31)(H,25,26,28)/t18?,21-/m0/s1. The molecule has 0 aliphatic heterocycles. The van der Waals surface area contributed by atoms with Crippen molar-refractivity contribution in [2.45, 2.75) is 21.3 Å². The number of nitrogens with one attached hydrogen (secondary N) is 2. The fraction of sp³-hybridized carbons (Fsp3) is 0.130. The Morgan fingerprint density at radius 1 is 1.03 bits per heavy atom. The van der Waals surface area contributed by atoms with E-state index in [0.717, 1.165) is 9.10 Å². The van der Waals surface area contributed by atoms with Crippen molar-refractivity contribution in [1.82, 2.24) is 20.3 Å². The fourth-order valence-corrected chi connectivity index (χ4v) is 4.86. The lowest BCUT2D eigenvalue weighted by molar-refractivity contribution is 0.0699. The second-order valence-corrected chi connectivity index (χ2v) is 9.33. The summed E-state index contributed by atoms with van der Waals surface area (Å²) in [6.45, 7) is -0.414. The molecule has 1 unspecified atom stereocenters. The number of carbonyl (C=O) groups excluding carboxylic acids is 1. The Kier molecular flexibility index (Phi) is 7.63. The number of anilines is 2. The van der Waals surface area contributed by atoms with E-state index in [9.17, 15) is 15.0 Å². The molecule has 33 heavy (non-hydrogen) atoms. The van der Waals surface area contributed by atoms with E-state index in [1.165, 1.54) is 23.1 Å². The van der Waals surface area contributed by atoms with Crippen molar-refractivity contribution in [1.29, 1.82) is 0 Å². The van der Waals surface area contributed by atoms with Gasteiger partial charge in [0.1, 0.15) is 17.6 Å². The van der Waals surface area contributed by atoms with E-state index in [0.29, 0.717) is 16.5 Å². The van der Waals surface area contributed by atoms with Gasteiger partial charge >= 0.3 is 0 Å². The highest BCUT2D eigenvalue weighted by Crippen LogP contribution is 2.34. The second kappa shape index (κ2) is 11.0. The van der Waals surface area contributed by atoms with Gasteiger partial charge in [-0.25, -0.2) is 9.97 Å². The molecule has 0 bridgehead atoms. The molecule has 0 radical (unpaired) electrons. The highest BCUT2D eigenvalue weighted by molar-refractivity contribution is 8.01. The first-order valence-electron chi connectivity index (χ1n) is 10.0. The maximum atomic E-state index is 12.7. The number of benzene rings is 1. The highest BCUT2D eigenvalue weighted by Gasteiger charge is 2.23. The van der Waals surface area contributed by atoms with Gasteiger partial charge in [0.2, 0.25) is 0 Å². The maximum Gasteiger partial charge on any atom is 0.270 e. The third kappa shape index (κ3) is 6.14. The fourth-order valence-electron chi connectivity index (χ4n) is 2.97. The van der Waals surface area contributed by atoms with Crippen LogP contribution in [0.3, 0.4) is 0 Å². The zero-order valence-corrected chi connectivity index (χ0v) is 19.0. The molecule has 3 aromatic heterocycles. The Hall–Kier alpha value is -3.31. The van der Waals surface area contributed by atoms with E-state index >= 15 is 0 Å². The monoisotopic (exact) mass is 479 g/mol. The van der Waals surface area contributed by atoms with Gasteiger partial charge in [0.05, 0.1) is 23.1 Å². The molecule has 0 spiro atoms. The van der Waals surface area contributed by atoms with E-state index in [4.69, 9.17) is 0 Å². The molecule has 0 saturated heterocycles. The summed E-state index contributed by atoms with van der Waals surface area (Å²) in [5.74, 6) is 0.232. The zero-order chi connectivity index (χ0) is 23.0. The number of thiazole rings is 1. The average Bonchev–Trinajstić information content (AvgIpc) is 3.29. The summed E-state index contributed by atoms with van der Waals surface area (Å²) < 4.78 is 0.929. The average molecular weight is 480 g/mol. The van der Waals surface area contributed by atoms with Crippen molar-refractivity contribution in [3.8, 4) is 0 Å². The van der Waals surface area contributed by atoms with Crippen LogP contribution in [0, 0.1) is 0 Å². The normalized spacial score (nSPS) is 12.7. The number of carbonyl (C=O) groups is 1. The van der Waals surface area contributed by atoms with E-state index in [1.54, 1.807) is 55.0 Å². The molecule has 4 aromatic rings. The van der Waals surface area contributed by atoms with Crippen molar-refractivity contribution in [2.75, 3.05) is 11.9 Å². The van der Waals surface area contributed by atoms with E-state index in [2.05, 4.69) is 25.6 Å². The summed E-state index contributed by atoms with van der Waals surface area (Å²) in [5.41, 5.74) is 0.796. The minimum Gasteiger partial charge on any atom is -0.394 e. The predicted molar refractivity (Wildman–Crippen MR) is 128 cm³/mol. The molecule has 0 fully saturated rings. The van der Waals surface area contributed by atoms with Crippen LogP contribution >= 0.6 is 23.1 Å². The van der Waals surface area contributed by atoms with Gasteiger partial charge in [0, 0.05) is 17.3 Å². The molecule has 0 aliphatic carbocycles. The lowest BCUT2D eigenvalue weighted by atomic mass is 10.0. The van der Waals surface area contributed by atoms with E-state index < -0.39 is 24.7 Å². The number of hydrogen-bond acceptors (Lipinski definition) is 9. The lowest BCUT2D eigenvalue weighted by Crippen LogP contribution is -2.42. The first-order valence-corrected chi connectivity index (χ1v) is 11.7. The van der Waals surface area contributed by atoms with Crippen molar-refractivity contribution in [3.05, 3.63) is 90.5 Å². The van der Waals surface area contributed by atoms with Crippen LogP contribution in [0.2, 0.25) is 0 Å². The van der Waals surface area contributed by atoms with Gasteiger partial charge in [-0.15, -0.1) is 0 Å². The SMILES string of the molecule is O=C(NC(CO)[C@@H](O)c1ccccc1)c1cc(Sc2cnc(Nc3ccccn3)s2)ccn1. The van der Waals surface area contributed by atoms with Crippen molar-refractivity contribution >= 4 is 40.0 Å². The molecule has 1 amide bonds. The molecule has 4 rings (SSSR count). The minimum atomic E-state index is -1.04. The van der Waals surface area contributed by atoms with E-state index in [-0.39, 0.29) is 5.69 Å². The Morgan fingerprint density at radius 2 is 1.85 bits per heavy atom. The summed E-state index contributed by atoms with van der Waals surface area (Å²) >= 11 is 2.92. The van der Waals surface area contributed by atoms with Crippen LogP contribution in [-0.4, -0.2) is 43.7 Å². The Labute approximate surface area is 198 Å². The second-order valence-electron chi connectivity index (χ2n) is 6.92. The number of amides is 1. The van der Waals surface area contributed by atoms with Crippen molar-refractivity contribution in [2.24, 2.45) is 0 Å². The Bertz CT molecular complexity index is 1190. The zero-order valence-electron chi connectivity index (χ0n) is 17.3. The molecule has 3 heterocycles. The van der Waals surface area contributed by atoms with Crippen molar-refractivity contribution in [3.63, 3.8) is 0 Å². The summed E-state index contributed by atoms with van der Waals surface area (Å²) in [6.07, 6.45) is 3.96. The first kappa shape index (κ1) is 22.9. The molecule has 4 N–H and O–H groups in total. The molecule has 0 saturated carbocycles. The topological polar surface area (TPSA) is 120 Å². The number of pyridine rings is 2. The third-order valence-corrected chi connectivity index (χ3v) is 6.61. The van der Waals surface area contributed by atoms with Crippen LogP contribution in [0.4, 0.5) is 10.9 Å². The van der Waals surface area contributed by atoms with Gasteiger partial charge in [-0.3, -0.25) is 9.78 Å². The third-order valence-electron chi connectivity index (χ3n) is 4.60. The molecular weight excluding hydrogens is 458 g/mol. The highest BCUT2D eigenvalue weighted by atomic mass is 32.2. The number of aliphatic hydroxyl groups excluding tert-OH is 2. The molecule has 2 atom stereocenters. The Balaban J connectivity index is 1.40. The number of rotatable bonds is 9. The summed E-state index contributed by atoms with van der Waals surface area (Å²) in [4.78, 5) is 26.3. The smallest absolute Gasteiger partial charge is 0.270 e. The number of aliphatic hydroxyl groups is 2. The van der Waals surface area contributed by atoms with Crippen LogP contribution in [0.25, 0.3) is 0 Å². The minimum absolute atomic E-state index is 0.190. The van der Waals surface area contributed by atoms with Gasteiger partial charge in [-0.05, 0) is 29.8 Å². The predicted octanol–water partition coefficient (Wildman–Crippen LogP) is 3.65. The van der Waals surface area contributed by atoms with Crippen LogP contribution in [0.15, 0.2) is 88.4 Å². The largest absolute Gasteiger partial charge is 0.394 e. The number of hydrogen-bond donors (Lipinski definition) is 4. The molecular formula is C23H21N5O3S2. The lowest BCUT2D eigenvalue weighted by Gasteiger charge is -2.22. The summed E-state index contributed by atoms with van der Waals surface area (Å²) in [6, 6.07) is 17.1. The van der Waals surface area contributed by atoms with Crippen LogP contribution in [0.5, 0.6) is 0 Å². The Morgan fingerprint density at radius 3 is 2.61 bits per heavy atom. The van der Waals surface area contributed by atoms with Gasteiger partial charge in [0.25, 0.3) is 5.91 Å². The molecule has 1 aromatic carbocycles. The van der Waals surface area contributed by atoms with E-state index in [1.807, 2.05) is 24.3 Å². The molecule has 10 heteroatoms. The number of nitrogens with zero attached hydrogens (tertiary/aromatic N) is 3. The van der Waals surface area contributed by atoms with Crippen LogP contribution < -0.4 is 10.6 Å². The molecule has 0 aliphatic rings. The first-order chi connectivity index (χ1) is 16.1. The van der Waals surface area contributed by atoms with Gasteiger partial charge in [0.15, 0.2) is 5.13 Å². The summed E-state index contributed by atoms with van der Waals surface area (Å²) in [7, 11) is 0.